The van der Waals surface area contributed by atoms with Crippen LogP contribution in [-0.4, -0.2) is 26.0 Å². The molecular formula is C13H17NO2. The van der Waals surface area contributed by atoms with Crippen LogP contribution in [0, 0.1) is 0 Å². The lowest BCUT2D eigenvalue weighted by molar-refractivity contribution is 0.100. The molecule has 1 aromatic carbocycles. The summed E-state index contributed by atoms with van der Waals surface area (Å²) in [7, 11) is 1.72. The Morgan fingerprint density at radius 2 is 2.25 bits per heavy atom. The Bertz CT molecular complexity index is 397. The fourth-order valence-corrected chi connectivity index (χ4v) is 2.08. The molecule has 1 aliphatic rings. The van der Waals surface area contributed by atoms with Crippen LogP contribution in [0.1, 0.15) is 28.8 Å². The van der Waals surface area contributed by atoms with Gasteiger partial charge in [-0.05, 0) is 24.5 Å². The summed E-state index contributed by atoms with van der Waals surface area (Å²) in [4.78, 5) is 11.5. The van der Waals surface area contributed by atoms with E-state index >= 15 is 0 Å². The van der Waals surface area contributed by atoms with Gasteiger partial charge in [-0.25, -0.2) is 0 Å². The maximum Gasteiger partial charge on any atom is 0.176 e. The lowest BCUT2D eigenvalue weighted by Gasteiger charge is -2.15. The molecule has 0 aliphatic heterocycles. The van der Waals surface area contributed by atoms with E-state index in [1.54, 1.807) is 7.11 Å². The Hall–Kier alpha value is -1.19. The first-order valence-corrected chi connectivity index (χ1v) is 5.54. The number of hydrogen-bond donors (Lipinski definition) is 1. The van der Waals surface area contributed by atoms with Gasteiger partial charge in [0.2, 0.25) is 0 Å². The molecule has 86 valence electrons. The highest BCUT2D eigenvalue weighted by molar-refractivity contribution is 5.97. The number of ketones is 1. The molecule has 0 amide bonds. The summed E-state index contributed by atoms with van der Waals surface area (Å²) in [5.74, 6) is -0.00457. The van der Waals surface area contributed by atoms with Gasteiger partial charge >= 0.3 is 0 Å². The van der Waals surface area contributed by atoms with E-state index in [0.717, 1.165) is 19.4 Å². The van der Waals surface area contributed by atoms with E-state index < -0.39 is 0 Å². The van der Waals surface area contributed by atoms with Crippen LogP contribution in [0.3, 0.4) is 0 Å². The Morgan fingerprint density at radius 1 is 1.50 bits per heavy atom. The SMILES string of the molecule is COCC1(c2cccc(C(=O)CN)c2)CC1. The monoisotopic (exact) mass is 219 g/mol. The van der Waals surface area contributed by atoms with E-state index in [0.29, 0.717) is 5.56 Å². The maximum atomic E-state index is 11.5. The van der Waals surface area contributed by atoms with Crippen LogP contribution in [0.4, 0.5) is 0 Å². The van der Waals surface area contributed by atoms with Crippen molar-refractivity contribution < 1.29 is 9.53 Å². The molecular weight excluding hydrogens is 202 g/mol. The molecule has 16 heavy (non-hydrogen) atoms. The van der Waals surface area contributed by atoms with Crippen molar-refractivity contribution in [1.82, 2.24) is 0 Å². The number of benzene rings is 1. The zero-order chi connectivity index (χ0) is 11.6. The van der Waals surface area contributed by atoms with Gasteiger partial charge in [0.25, 0.3) is 0 Å². The van der Waals surface area contributed by atoms with Gasteiger partial charge in [-0.3, -0.25) is 4.79 Å². The van der Waals surface area contributed by atoms with Gasteiger partial charge in [-0.15, -0.1) is 0 Å². The predicted molar refractivity (Wildman–Crippen MR) is 62.6 cm³/mol. The minimum Gasteiger partial charge on any atom is -0.384 e. The molecule has 1 aliphatic carbocycles. The Morgan fingerprint density at radius 3 is 2.81 bits per heavy atom. The predicted octanol–water partition coefficient (Wildman–Crippen LogP) is 1.51. The van der Waals surface area contributed by atoms with E-state index in [1.807, 2.05) is 18.2 Å². The van der Waals surface area contributed by atoms with Crippen molar-refractivity contribution in [1.29, 1.82) is 0 Å². The number of rotatable bonds is 5. The fourth-order valence-electron chi connectivity index (χ4n) is 2.08. The molecule has 1 aromatic rings. The minimum atomic E-state index is -0.00457. The summed E-state index contributed by atoms with van der Waals surface area (Å²) in [6.45, 7) is 0.800. The largest absolute Gasteiger partial charge is 0.384 e. The van der Waals surface area contributed by atoms with Gasteiger partial charge in [-0.1, -0.05) is 18.2 Å². The number of carbonyl (C=O) groups is 1. The van der Waals surface area contributed by atoms with E-state index in [1.165, 1.54) is 5.56 Å². The summed E-state index contributed by atoms with van der Waals surface area (Å²) in [5, 5.41) is 0. The Balaban J connectivity index is 2.26. The van der Waals surface area contributed by atoms with E-state index in [9.17, 15) is 4.79 Å². The topological polar surface area (TPSA) is 52.3 Å². The molecule has 1 fully saturated rings. The smallest absolute Gasteiger partial charge is 0.176 e. The molecule has 2 rings (SSSR count). The normalized spacial score (nSPS) is 17.1. The molecule has 3 nitrogen and oxygen atoms in total. The summed E-state index contributed by atoms with van der Waals surface area (Å²) < 4.78 is 5.24. The van der Waals surface area contributed by atoms with Crippen LogP contribution in [-0.2, 0) is 10.2 Å². The number of ether oxygens (including phenoxy) is 1. The molecule has 0 atom stereocenters. The first kappa shape index (κ1) is 11.3. The van der Waals surface area contributed by atoms with Crippen molar-refractivity contribution in [3.8, 4) is 0 Å². The zero-order valence-corrected chi connectivity index (χ0v) is 9.53. The van der Waals surface area contributed by atoms with Gasteiger partial charge < -0.3 is 10.5 Å². The van der Waals surface area contributed by atoms with Crippen LogP contribution >= 0.6 is 0 Å². The molecule has 0 unspecified atom stereocenters. The lowest BCUT2D eigenvalue weighted by atomic mass is 9.94. The van der Waals surface area contributed by atoms with Crippen molar-refractivity contribution in [3.05, 3.63) is 35.4 Å². The highest BCUT2D eigenvalue weighted by Gasteiger charge is 2.44. The standard InChI is InChI=1S/C13H17NO2/c1-16-9-13(5-6-13)11-4-2-3-10(7-11)12(15)8-14/h2-4,7H,5-6,8-9,14H2,1H3. The minimum absolute atomic E-state index is 0.00457. The zero-order valence-electron chi connectivity index (χ0n) is 9.53. The second kappa shape index (κ2) is 4.36. The van der Waals surface area contributed by atoms with Gasteiger partial charge in [-0.2, -0.15) is 0 Å². The third-order valence-electron chi connectivity index (χ3n) is 3.26. The maximum absolute atomic E-state index is 11.5. The van der Waals surface area contributed by atoms with E-state index in [-0.39, 0.29) is 17.7 Å². The summed E-state index contributed by atoms with van der Waals surface area (Å²) in [6.07, 6.45) is 2.28. The Labute approximate surface area is 95.6 Å². The number of carbonyl (C=O) groups excluding carboxylic acids is 1. The van der Waals surface area contributed by atoms with Crippen LogP contribution in [0.2, 0.25) is 0 Å². The quantitative estimate of drug-likeness (QED) is 0.764. The van der Waals surface area contributed by atoms with Crippen molar-refractivity contribution in [2.75, 3.05) is 20.3 Å². The highest BCUT2D eigenvalue weighted by Crippen LogP contribution is 2.48. The number of methoxy groups -OCH3 is 1. The van der Waals surface area contributed by atoms with Gasteiger partial charge in [0.15, 0.2) is 5.78 Å². The third-order valence-corrected chi connectivity index (χ3v) is 3.26. The summed E-state index contributed by atoms with van der Waals surface area (Å²) >= 11 is 0. The van der Waals surface area contributed by atoms with Crippen molar-refractivity contribution in [2.45, 2.75) is 18.3 Å². The van der Waals surface area contributed by atoms with Gasteiger partial charge in [0.1, 0.15) is 0 Å². The molecule has 1 saturated carbocycles. The average Bonchev–Trinajstić information content (AvgIpc) is 3.10. The molecule has 0 saturated heterocycles. The highest BCUT2D eigenvalue weighted by atomic mass is 16.5. The summed E-state index contributed by atoms with van der Waals surface area (Å²) in [5.41, 5.74) is 7.43. The number of Topliss-reactive ketones (excluding diaryl/α,β-unsaturated/α-hetero) is 1. The molecule has 0 bridgehead atoms. The average molecular weight is 219 g/mol. The van der Waals surface area contributed by atoms with Crippen LogP contribution in [0.5, 0.6) is 0 Å². The first-order chi connectivity index (χ1) is 7.72. The second-order valence-corrected chi connectivity index (χ2v) is 4.42. The fraction of sp³-hybridized carbons (Fsp3) is 0.462. The Kier molecular flexibility index (Phi) is 3.08. The molecule has 0 aromatic heterocycles. The lowest BCUT2D eigenvalue weighted by Crippen LogP contribution is -2.17. The van der Waals surface area contributed by atoms with Gasteiger partial charge in [0, 0.05) is 18.1 Å². The molecule has 0 spiro atoms. The summed E-state index contributed by atoms with van der Waals surface area (Å²) in [6, 6.07) is 7.77. The number of nitrogens with two attached hydrogens (primary N) is 1. The molecule has 0 heterocycles. The molecule has 3 heteroatoms. The second-order valence-electron chi connectivity index (χ2n) is 4.42. The van der Waals surface area contributed by atoms with Crippen LogP contribution in [0.25, 0.3) is 0 Å². The van der Waals surface area contributed by atoms with E-state index in [2.05, 4.69) is 6.07 Å². The van der Waals surface area contributed by atoms with E-state index in [4.69, 9.17) is 10.5 Å². The third kappa shape index (κ3) is 2.01. The first-order valence-electron chi connectivity index (χ1n) is 5.54. The van der Waals surface area contributed by atoms with Crippen LogP contribution in [0.15, 0.2) is 24.3 Å². The van der Waals surface area contributed by atoms with Gasteiger partial charge in [0.05, 0.1) is 13.2 Å². The number of hydrogen-bond acceptors (Lipinski definition) is 3. The van der Waals surface area contributed by atoms with Crippen molar-refractivity contribution in [3.63, 3.8) is 0 Å². The van der Waals surface area contributed by atoms with Crippen molar-refractivity contribution >= 4 is 5.78 Å². The van der Waals surface area contributed by atoms with Crippen LogP contribution < -0.4 is 5.73 Å². The van der Waals surface area contributed by atoms with Crippen molar-refractivity contribution in [2.24, 2.45) is 5.73 Å². The molecule has 2 N–H and O–H groups in total. The molecule has 0 radical (unpaired) electrons.